The average Bonchev–Trinajstić information content (AvgIpc) is 2.86. The zero-order chi connectivity index (χ0) is 16.3. The van der Waals surface area contributed by atoms with Gasteiger partial charge in [-0.15, -0.1) is 11.3 Å². The SMILES string of the molecule is CCOC(=O)c1sc(-c2cc(Br)c(N)c(COC)c2)nc1C. The van der Waals surface area contributed by atoms with E-state index in [4.69, 9.17) is 15.2 Å². The number of hydrogen-bond donors (Lipinski definition) is 1. The van der Waals surface area contributed by atoms with Crippen molar-refractivity contribution in [3.05, 3.63) is 32.7 Å². The van der Waals surface area contributed by atoms with Crippen LogP contribution in [0.15, 0.2) is 16.6 Å². The van der Waals surface area contributed by atoms with Crippen LogP contribution in [0.3, 0.4) is 0 Å². The molecule has 2 N–H and O–H groups in total. The summed E-state index contributed by atoms with van der Waals surface area (Å²) < 4.78 is 11.0. The number of anilines is 1. The number of nitrogen functional groups attached to an aromatic ring is 1. The summed E-state index contributed by atoms with van der Waals surface area (Å²) in [5.41, 5.74) is 9.09. The Bertz CT molecular complexity index is 700. The van der Waals surface area contributed by atoms with Crippen LogP contribution in [-0.2, 0) is 16.1 Å². The van der Waals surface area contributed by atoms with Crippen LogP contribution in [0.25, 0.3) is 10.6 Å². The van der Waals surface area contributed by atoms with E-state index < -0.39 is 0 Å². The maximum absolute atomic E-state index is 11.9. The number of ether oxygens (including phenoxy) is 2. The number of methoxy groups -OCH3 is 1. The van der Waals surface area contributed by atoms with E-state index in [0.29, 0.717) is 29.5 Å². The van der Waals surface area contributed by atoms with Gasteiger partial charge in [0.1, 0.15) is 9.88 Å². The first-order chi connectivity index (χ1) is 10.5. The lowest BCUT2D eigenvalue weighted by molar-refractivity contribution is 0.0531. The van der Waals surface area contributed by atoms with Gasteiger partial charge in [-0.2, -0.15) is 0 Å². The summed E-state index contributed by atoms with van der Waals surface area (Å²) in [5, 5.41) is 0.749. The van der Waals surface area contributed by atoms with Gasteiger partial charge in [0.25, 0.3) is 0 Å². The van der Waals surface area contributed by atoms with E-state index in [1.165, 1.54) is 11.3 Å². The Labute approximate surface area is 141 Å². The molecule has 22 heavy (non-hydrogen) atoms. The molecule has 0 amide bonds. The predicted molar refractivity (Wildman–Crippen MR) is 91.1 cm³/mol. The highest BCUT2D eigenvalue weighted by Gasteiger charge is 2.18. The number of nitrogens with zero attached hydrogens (tertiary/aromatic N) is 1. The van der Waals surface area contributed by atoms with Crippen LogP contribution in [0.4, 0.5) is 5.69 Å². The number of aromatic nitrogens is 1. The van der Waals surface area contributed by atoms with E-state index in [1.54, 1.807) is 21.0 Å². The van der Waals surface area contributed by atoms with Crippen LogP contribution in [0.2, 0.25) is 0 Å². The molecule has 2 aromatic rings. The van der Waals surface area contributed by atoms with E-state index >= 15 is 0 Å². The second kappa shape index (κ2) is 7.21. The van der Waals surface area contributed by atoms with Crippen molar-refractivity contribution >= 4 is 38.9 Å². The van der Waals surface area contributed by atoms with Crippen LogP contribution in [-0.4, -0.2) is 24.7 Å². The van der Waals surface area contributed by atoms with Crippen LogP contribution in [0.5, 0.6) is 0 Å². The Kier molecular flexibility index (Phi) is 5.55. The highest BCUT2D eigenvalue weighted by Crippen LogP contribution is 2.34. The molecule has 1 heterocycles. The molecule has 0 spiro atoms. The summed E-state index contributed by atoms with van der Waals surface area (Å²) >= 11 is 4.76. The van der Waals surface area contributed by atoms with Crippen molar-refractivity contribution in [3.63, 3.8) is 0 Å². The van der Waals surface area contributed by atoms with Crippen molar-refractivity contribution in [2.24, 2.45) is 0 Å². The maximum Gasteiger partial charge on any atom is 0.350 e. The molecular formula is C15H17BrN2O3S. The number of esters is 1. The molecule has 0 fully saturated rings. The first-order valence-electron chi connectivity index (χ1n) is 6.69. The van der Waals surface area contributed by atoms with Crippen molar-refractivity contribution in [2.45, 2.75) is 20.5 Å². The Hall–Kier alpha value is -1.44. The van der Waals surface area contributed by atoms with Crippen molar-refractivity contribution in [1.82, 2.24) is 4.98 Å². The van der Waals surface area contributed by atoms with Crippen molar-refractivity contribution < 1.29 is 14.3 Å². The zero-order valence-corrected chi connectivity index (χ0v) is 15.0. The molecule has 118 valence electrons. The molecule has 0 aliphatic rings. The molecule has 1 aromatic carbocycles. The van der Waals surface area contributed by atoms with Gasteiger partial charge in [-0.25, -0.2) is 9.78 Å². The standard InChI is InChI=1S/C15H17BrN2O3S/c1-4-21-15(19)13-8(2)18-14(22-13)9-5-10(7-20-3)12(17)11(16)6-9/h5-6H,4,7,17H2,1-3H3. The molecule has 0 radical (unpaired) electrons. The molecule has 1 aromatic heterocycles. The van der Waals surface area contributed by atoms with Gasteiger partial charge in [-0.3, -0.25) is 0 Å². The third-order valence-corrected chi connectivity index (χ3v) is 4.86. The average molecular weight is 385 g/mol. The number of hydrogen-bond acceptors (Lipinski definition) is 6. The second-order valence-corrected chi connectivity index (χ2v) is 6.47. The maximum atomic E-state index is 11.9. The number of benzene rings is 1. The molecule has 7 heteroatoms. The fourth-order valence-corrected chi connectivity index (χ4v) is 3.43. The lowest BCUT2D eigenvalue weighted by atomic mass is 10.1. The van der Waals surface area contributed by atoms with Gasteiger partial charge in [0.2, 0.25) is 0 Å². The summed E-state index contributed by atoms with van der Waals surface area (Å²) in [4.78, 5) is 16.9. The lowest BCUT2D eigenvalue weighted by Crippen LogP contribution is -2.03. The Morgan fingerprint density at radius 2 is 2.18 bits per heavy atom. The third kappa shape index (κ3) is 3.48. The minimum atomic E-state index is -0.338. The van der Waals surface area contributed by atoms with Crippen molar-refractivity contribution in [1.29, 1.82) is 0 Å². The molecule has 0 saturated carbocycles. The van der Waals surface area contributed by atoms with Crippen molar-refractivity contribution in [2.75, 3.05) is 19.5 Å². The number of rotatable bonds is 5. The van der Waals surface area contributed by atoms with E-state index in [9.17, 15) is 4.79 Å². The highest BCUT2D eigenvalue weighted by molar-refractivity contribution is 9.10. The van der Waals surface area contributed by atoms with Crippen LogP contribution >= 0.6 is 27.3 Å². The molecule has 5 nitrogen and oxygen atoms in total. The van der Waals surface area contributed by atoms with Crippen LogP contribution in [0, 0.1) is 6.92 Å². The first kappa shape index (κ1) is 16.9. The zero-order valence-electron chi connectivity index (χ0n) is 12.6. The molecule has 0 bridgehead atoms. The van der Waals surface area contributed by atoms with Gasteiger partial charge in [-0.1, -0.05) is 0 Å². The monoisotopic (exact) mass is 384 g/mol. The summed E-state index contributed by atoms with van der Waals surface area (Å²) in [6.07, 6.45) is 0. The van der Waals surface area contributed by atoms with Crippen LogP contribution < -0.4 is 5.73 Å². The Morgan fingerprint density at radius 3 is 2.82 bits per heavy atom. The smallest absolute Gasteiger partial charge is 0.350 e. The predicted octanol–water partition coefficient (Wildman–Crippen LogP) is 3.79. The minimum Gasteiger partial charge on any atom is -0.462 e. The second-order valence-electron chi connectivity index (χ2n) is 4.62. The van der Waals surface area contributed by atoms with E-state index in [-0.39, 0.29) is 5.97 Å². The fourth-order valence-electron chi connectivity index (χ4n) is 1.98. The Morgan fingerprint density at radius 1 is 1.45 bits per heavy atom. The van der Waals surface area contributed by atoms with Gasteiger partial charge in [-0.05, 0) is 41.9 Å². The largest absolute Gasteiger partial charge is 0.462 e. The molecule has 0 atom stereocenters. The number of halogens is 1. The molecule has 2 rings (SSSR count). The Balaban J connectivity index is 2.44. The van der Waals surface area contributed by atoms with E-state index in [2.05, 4.69) is 20.9 Å². The van der Waals surface area contributed by atoms with Gasteiger partial charge >= 0.3 is 5.97 Å². The van der Waals surface area contributed by atoms with Gasteiger partial charge in [0.05, 0.1) is 24.6 Å². The van der Waals surface area contributed by atoms with Crippen LogP contribution in [0.1, 0.15) is 27.9 Å². The first-order valence-corrected chi connectivity index (χ1v) is 8.30. The molecule has 0 aliphatic heterocycles. The normalized spacial score (nSPS) is 10.7. The number of carbonyl (C=O) groups excluding carboxylic acids is 1. The van der Waals surface area contributed by atoms with Gasteiger partial charge in [0, 0.05) is 22.7 Å². The minimum absolute atomic E-state index is 0.338. The summed E-state index contributed by atoms with van der Waals surface area (Å²) in [5.74, 6) is -0.338. The molecule has 0 aliphatic carbocycles. The van der Waals surface area contributed by atoms with E-state index in [0.717, 1.165) is 20.6 Å². The lowest BCUT2D eigenvalue weighted by Gasteiger charge is -2.09. The number of aryl methyl sites for hydroxylation is 1. The number of carbonyl (C=O) groups is 1. The summed E-state index contributed by atoms with van der Waals surface area (Å²) in [6, 6.07) is 3.82. The van der Waals surface area contributed by atoms with Crippen molar-refractivity contribution in [3.8, 4) is 10.6 Å². The summed E-state index contributed by atoms with van der Waals surface area (Å²) in [6.45, 7) is 4.34. The number of nitrogens with two attached hydrogens (primary N) is 1. The number of thiazole rings is 1. The van der Waals surface area contributed by atoms with E-state index in [1.807, 2.05) is 12.1 Å². The fraction of sp³-hybridized carbons (Fsp3) is 0.333. The molecular weight excluding hydrogens is 368 g/mol. The highest BCUT2D eigenvalue weighted by atomic mass is 79.9. The third-order valence-electron chi connectivity index (χ3n) is 3.02. The topological polar surface area (TPSA) is 74.4 Å². The van der Waals surface area contributed by atoms with Gasteiger partial charge in [0.15, 0.2) is 0 Å². The molecule has 0 saturated heterocycles. The van der Waals surface area contributed by atoms with Gasteiger partial charge < -0.3 is 15.2 Å². The summed E-state index contributed by atoms with van der Waals surface area (Å²) in [7, 11) is 1.62. The molecule has 0 unspecified atom stereocenters. The quantitative estimate of drug-likeness (QED) is 0.626.